The average Bonchev–Trinajstić information content (AvgIpc) is 3.34. The first-order chi connectivity index (χ1) is 17.1. The Morgan fingerprint density at radius 1 is 0.914 bits per heavy atom. The molecule has 4 aromatic rings. The fourth-order valence-electron chi connectivity index (χ4n) is 4.49. The van der Waals surface area contributed by atoms with Gasteiger partial charge in [0.2, 0.25) is 5.91 Å². The zero-order chi connectivity index (χ0) is 24.4. The van der Waals surface area contributed by atoms with Crippen LogP contribution in [0.15, 0.2) is 70.6 Å². The van der Waals surface area contributed by atoms with Crippen molar-refractivity contribution in [2.24, 2.45) is 0 Å². The zero-order valence-corrected chi connectivity index (χ0v) is 19.6. The van der Waals surface area contributed by atoms with E-state index in [0.717, 1.165) is 15.9 Å². The van der Waals surface area contributed by atoms with Crippen molar-refractivity contribution in [1.82, 2.24) is 28.6 Å². The predicted molar refractivity (Wildman–Crippen MR) is 133 cm³/mol. The Balaban J connectivity index is 1.43. The standard InChI is InChI=1S/C25H27N7O3/c1-2-28-18-27-23-22(28)24(34)32(25(35)31(23)16-19-8-4-3-5-9-19)17-21(33)30-14-12-29(13-15-30)20-10-6-7-11-26-20/h3-11,18H,2,12-17H2,1H3. The number of amides is 1. The Morgan fingerprint density at radius 2 is 1.66 bits per heavy atom. The van der Waals surface area contributed by atoms with Gasteiger partial charge in [0.15, 0.2) is 11.2 Å². The monoisotopic (exact) mass is 473 g/mol. The fraction of sp³-hybridized carbons (Fsp3) is 0.320. The van der Waals surface area contributed by atoms with Crippen molar-refractivity contribution >= 4 is 22.9 Å². The number of piperazine rings is 1. The predicted octanol–water partition coefficient (Wildman–Crippen LogP) is 1.17. The summed E-state index contributed by atoms with van der Waals surface area (Å²) in [5.41, 5.74) is 0.542. The van der Waals surface area contributed by atoms with Crippen molar-refractivity contribution in [1.29, 1.82) is 0 Å². The number of imidazole rings is 1. The maximum absolute atomic E-state index is 13.5. The van der Waals surface area contributed by atoms with E-state index in [1.807, 2.05) is 55.5 Å². The third-order valence-corrected chi connectivity index (χ3v) is 6.41. The number of carbonyl (C=O) groups is 1. The smallest absolute Gasteiger partial charge is 0.333 e. The lowest BCUT2D eigenvalue weighted by atomic mass is 10.2. The number of aromatic nitrogens is 5. The molecule has 0 radical (unpaired) electrons. The summed E-state index contributed by atoms with van der Waals surface area (Å²) in [5, 5.41) is 0. The highest BCUT2D eigenvalue weighted by Crippen LogP contribution is 2.13. The number of nitrogens with zero attached hydrogens (tertiary/aromatic N) is 7. The van der Waals surface area contributed by atoms with Crippen LogP contribution in [0.2, 0.25) is 0 Å². The molecule has 1 fully saturated rings. The number of rotatable bonds is 6. The van der Waals surface area contributed by atoms with Crippen LogP contribution in [0.5, 0.6) is 0 Å². The molecule has 0 N–H and O–H groups in total. The molecule has 180 valence electrons. The second-order valence-corrected chi connectivity index (χ2v) is 8.50. The third-order valence-electron chi connectivity index (χ3n) is 6.41. The Hall–Kier alpha value is -4.21. The molecule has 0 aliphatic carbocycles. The lowest BCUT2D eigenvalue weighted by Gasteiger charge is -2.35. The number of pyridine rings is 1. The maximum Gasteiger partial charge on any atom is 0.333 e. The molecule has 0 atom stereocenters. The van der Waals surface area contributed by atoms with Gasteiger partial charge in [0.1, 0.15) is 12.4 Å². The minimum absolute atomic E-state index is 0.252. The van der Waals surface area contributed by atoms with Gasteiger partial charge >= 0.3 is 5.69 Å². The van der Waals surface area contributed by atoms with Crippen molar-refractivity contribution < 1.29 is 4.79 Å². The van der Waals surface area contributed by atoms with Gasteiger partial charge in [-0.3, -0.25) is 14.2 Å². The van der Waals surface area contributed by atoms with E-state index in [9.17, 15) is 14.4 Å². The normalized spacial score (nSPS) is 14.0. The van der Waals surface area contributed by atoms with E-state index < -0.39 is 11.2 Å². The van der Waals surface area contributed by atoms with Gasteiger partial charge < -0.3 is 14.4 Å². The Kier molecular flexibility index (Phi) is 6.17. The molecule has 1 saturated heterocycles. The van der Waals surface area contributed by atoms with E-state index >= 15 is 0 Å². The number of aryl methyl sites for hydroxylation is 1. The zero-order valence-electron chi connectivity index (χ0n) is 19.6. The number of carbonyl (C=O) groups excluding carboxylic acids is 1. The molecule has 10 heteroatoms. The molecule has 0 spiro atoms. The lowest BCUT2D eigenvalue weighted by Crippen LogP contribution is -2.51. The summed E-state index contributed by atoms with van der Waals surface area (Å²) < 4.78 is 4.24. The second kappa shape index (κ2) is 9.57. The number of fused-ring (bicyclic) bond motifs is 1. The van der Waals surface area contributed by atoms with Crippen molar-refractivity contribution in [3.8, 4) is 0 Å². The summed E-state index contributed by atoms with van der Waals surface area (Å²) in [4.78, 5) is 52.5. The van der Waals surface area contributed by atoms with Crippen LogP contribution in [0.3, 0.4) is 0 Å². The first-order valence-electron chi connectivity index (χ1n) is 11.7. The van der Waals surface area contributed by atoms with Gasteiger partial charge in [-0.25, -0.2) is 19.3 Å². The van der Waals surface area contributed by atoms with Crippen molar-refractivity contribution in [2.75, 3.05) is 31.1 Å². The summed E-state index contributed by atoms with van der Waals surface area (Å²) in [6.07, 6.45) is 3.31. The lowest BCUT2D eigenvalue weighted by molar-refractivity contribution is -0.132. The first kappa shape index (κ1) is 22.6. The van der Waals surface area contributed by atoms with Crippen LogP contribution in [0.1, 0.15) is 12.5 Å². The fourth-order valence-corrected chi connectivity index (χ4v) is 4.49. The van der Waals surface area contributed by atoms with Crippen LogP contribution in [0.4, 0.5) is 5.82 Å². The molecule has 35 heavy (non-hydrogen) atoms. The summed E-state index contributed by atoms with van der Waals surface area (Å²) >= 11 is 0. The van der Waals surface area contributed by atoms with E-state index in [1.54, 1.807) is 22.0 Å². The largest absolute Gasteiger partial charge is 0.353 e. The van der Waals surface area contributed by atoms with E-state index in [4.69, 9.17) is 0 Å². The minimum atomic E-state index is -0.534. The van der Waals surface area contributed by atoms with Crippen LogP contribution in [-0.4, -0.2) is 60.7 Å². The maximum atomic E-state index is 13.5. The SMILES string of the molecule is CCn1cnc2c1c(=O)n(CC(=O)N1CCN(c3ccccn3)CC1)c(=O)n2Cc1ccccc1. The molecular formula is C25H27N7O3. The molecule has 1 aliphatic rings. The molecule has 0 saturated carbocycles. The van der Waals surface area contributed by atoms with Crippen LogP contribution >= 0.6 is 0 Å². The van der Waals surface area contributed by atoms with E-state index in [-0.39, 0.29) is 19.0 Å². The van der Waals surface area contributed by atoms with Crippen molar-refractivity contribution in [3.63, 3.8) is 0 Å². The highest BCUT2D eigenvalue weighted by molar-refractivity contribution is 5.77. The molecule has 10 nitrogen and oxygen atoms in total. The Labute approximate surface area is 201 Å². The second-order valence-electron chi connectivity index (χ2n) is 8.50. The van der Waals surface area contributed by atoms with Gasteiger partial charge in [-0.15, -0.1) is 0 Å². The molecule has 1 aromatic carbocycles. The highest BCUT2D eigenvalue weighted by atomic mass is 16.2. The number of hydrogen-bond acceptors (Lipinski definition) is 6. The summed E-state index contributed by atoms with van der Waals surface area (Å²) in [5.74, 6) is 0.621. The van der Waals surface area contributed by atoms with Gasteiger partial charge in [-0.1, -0.05) is 36.4 Å². The Bertz CT molecular complexity index is 1450. The van der Waals surface area contributed by atoms with Crippen LogP contribution in [0.25, 0.3) is 11.2 Å². The topological polar surface area (TPSA) is 98.3 Å². The summed E-state index contributed by atoms with van der Waals surface area (Å²) in [7, 11) is 0. The Morgan fingerprint density at radius 3 is 2.34 bits per heavy atom. The van der Waals surface area contributed by atoms with Gasteiger partial charge in [-0.05, 0) is 24.6 Å². The van der Waals surface area contributed by atoms with E-state index in [2.05, 4.69) is 14.9 Å². The summed E-state index contributed by atoms with van der Waals surface area (Å²) in [6, 6.07) is 15.3. The number of hydrogen-bond donors (Lipinski definition) is 0. The molecule has 0 unspecified atom stereocenters. The minimum Gasteiger partial charge on any atom is -0.353 e. The molecule has 1 aliphatic heterocycles. The van der Waals surface area contributed by atoms with E-state index in [1.165, 1.54) is 4.57 Å². The van der Waals surface area contributed by atoms with Crippen molar-refractivity contribution in [3.05, 3.63) is 87.5 Å². The molecule has 5 rings (SSSR count). The molecule has 0 bridgehead atoms. The quantitative estimate of drug-likeness (QED) is 0.417. The third kappa shape index (κ3) is 4.34. The van der Waals surface area contributed by atoms with Crippen molar-refractivity contribution in [2.45, 2.75) is 26.6 Å². The molecule has 3 aromatic heterocycles. The summed E-state index contributed by atoms with van der Waals surface area (Å²) in [6.45, 7) is 4.65. The molecular weight excluding hydrogens is 446 g/mol. The number of benzene rings is 1. The highest BCUT2D eigenvalue weighted by Gasteiger charge is 2.25. The number of anilines is 1. The van der Waals surface area contributed by atoms with Crippen LogP contribution in [-0.2, 0) is 24.4 Å². The molecule has 1 amide bonds. The van der Waals surface area contributed by atoms with Crippen LogP contribution in [0, 0.1) is 0 Å². The molecule has 4 heterocycles. The van der Waals surface area contributed by atoms with Gasteiger partial charge in [0.25, 0.3) is 5.56 Å². The van der Waals surface area contributed by atoms with Gasteiger partial charge in [0.05, 0.1) is 12.9 Å². The van der Waals surface area contributed by atoms with Gasteiger partial charge in [-0.2, -0.15) is 0 Å². The average molecular weight is 474 g/mol. The van der Waals surface area contributed by atoms with Crippen LogP contribution < -0.4 is 16.1 Å². The van der Waals surface area contributed by atoms with E-state index in [0.29, 0.717) is 43.9 Å². The first-order valence-corrected chi connectivity index (χ1v) is 11.7. The van der Waals surface area contributed by atoms with Gasteiger partial charge in [0, 0.05) is 38.9 Å².